The van der Waals surface area contributed by atoms with E-state index in [1.807, 2.05) is 24.3 Å². The molecule has 0 aliphatic carbocycles. The van der Waals surface area contributed by atoms with Crippen LogP contribution < -0.4 is 11.5 Å². The largest absolute Gasteiger partial charge is 0.398 e. The first-order valence-corrected chi connectivity index (χ1v) is 3.85. The van der Waals surface area contributed by atoms with E-state index in [0.717, 1.165) is 17.7 Å². The van der Waals surface area contributed by atoms with Crippen molar-refractivity contribution in [3.8, 4) is 0 Å². The molecular formula is C9H14N2. The lowest BCUT2D eigenvalue weighted by molar-refractivity contribution is 0.701. The van der Waals surface area contributed by atoms with Crippen LogP contribution in [0, 0.1) is 0 Å². The summed E-state index contributed by atoms with van der Waals surface area (Å²) in [7, 11) is 0. The van der Waals surface area contributed by atoms with Crippen molar-refractivity contribution in [2.24, 2.45) is 5.73 Å². The first-order chi connectivity index (χ1) is 5.25. The molecule has 0 saturated carbocycles. The van der Waals surface area contributed by atoms with Crippen molar-refractivity contribution >= 4 is 5.69 Å². The molecule has 0 aliphatic rings. The molecule has 60 valence electrons. The molecule has 0 bridgehead atoms. The maximum absolute atomic E-state index is 5.82. The molecule has 1 aromatic rings. The predicted octanol–water partition coefficient (Wildman–Crippen LogP) is 1.68. The van der Waals surface area contributed by atoms with Gasteiger partial charge in [0.05, 0.1) is 0 Å². The topological polar surface area (TPSA) is 52.0 Å². The summed E-state index contributed by atoms with van der Waals surface area (Å²) in [4.78, 5) is 0. The third-order valence-electron chi connectivity index (χ3n) is 1.84. The molecule has 0 radical (unpaired) electrons. The van der Waals surface area contributed by atoms with Crippen LogP contribution in [0.25, 0.3) is 0 Å². The molecule has 2 nitrogen and oxygen atoms in total. The Hall–Kier alpha value is -1.02. The van der Waals surface area contributed by atoms with E-state index in [-0.39, 0.29) is 6.04 Å². The highest BCUT2D eigenvalue weighted by Gasteiger charge is 2.04. The molecule has 1 atom stereocenters. The zero-order valence-corrected chi connectivity index (χ0v) is 6.75. The SMILES string of the molecule is CCC(N)c1ccccc1N. The van der Waals surface area contributed by atoms with E-state index < -0.39 is 0 Å². The second-order valence-corrected chi connectivity index (χ2v) is 2.64. The summed E-state index contributed by atoms with van der Waals surface area (Å²) in [5.41, 5.74) is 13.4. The maximum Gasteiger partial charge on any atom is 0.0362 e. The van der Waals surface area contributed by atoms with Gasteiger partial charge in [0.1, 0.15) is 0 Å². The van der Waals surface area contributed by atoms with Gasteiger partial charge in [-0.15, -0.1) is 0 Å². The Morgan fingerprint density at radius 3 is 2.55 bits per heavy atom. The van der Waals surface area contributed by atoms with Gasteiger partial charge in [-0.2, -0.15) is 0 Å². The molecule has 0 spiro atoms. The summed E-state index contributed by atoms with van der Waals surface area (Å²) in [5.74, 6) is 0. The second kappa shape index (κ2) is 3.39. The van der Waals surface area contributed by atoms with E-state index >= 15 is 0 Å². The number of para-hydroxylation sites is 1. The molecule has 1 unspecified atom stereocenters. The van der Waals surface area contributed by atoms with Crippen molar-refractivity contribution in [2.75, 3.05) is 5.73 Å². The van der Waals surface area contributed by atoms with Gasteiger partial charge in [-0.05, 0) is 18.1 Å². The zero-order valence-electron chi connectivity index (χ0n) is 6.75. The van der Waals surface area contributed by atoms with E-state index in [1.54, 1.807) is 0 Å². The molecule has 0 fully saturated rings. The highest BCUT2D eigenvalue weighted by atomic mass is 14.7. The van der Waals surface area contributed by atoms with Crippen LogP contribution in [0.5, 0.6) is 0 Å². The van der Waals surface area contributed by atoms with Crippen molar-refractivity contribution in [1.82, 2.24) is 0 Å². The number of hydrogen-bond donors (Lipinski definition) is 2. The minimum absolute atomic E-state index is 0.0798. The molecule has 0 aliphatic heterocycles. The lowest BCUT2D eigenvalue weighted by atomic mass is 10.0. The van der Waals surface area contributed by atoms with Crippen LogP contribution in [-0.2, 0) is 0 Å². The summed E-state index contributed by atoms with van der Waals surface area (Å²) >= 11 is 0. The zero-order chi connectivity index (χ0) is 8.27. The summed E-state index contributed by atoms with van der Waals surface area (Å²) in [6, 6.07) is 7.81. The fraction of sp³-hybridized carbons (Fsp3) is 0.333. The van der Waals surface area contributed by atoms with E-state index in [0.29, 0.717) is 0 Å². The average Bonchev–Trinajstić information content (AvgIpc) is 2.04. The van der Waals surface area contributed by atoms with Gasteiger partial charge in [0.25, 0.3) is 0 Å². The first-order valence-electron chi connectivity index (χ1n) is 3.85. The van der Waals surface area contributed by atoms with Gasteiger partial charge in [0.2, 0.25) is 0 Å². The Kier molecular flexibility index (Phi) is 2.49. The summed E-state index contributed by atoms with van der Waals surface area (Å²) < 4.78 is 0. The van der Waals surface area contributed by atoms with Crippen LogP contribution in [0.2, 0.25) is 0 Å². The van der Waals surface area contributed by atoms with Crippen molar-refractivity contribution in [3.63, 3.8) is 0 Å². The molecule has 0 heterocycles. The Balaban J connectivity index is 2.93. The molecule has 11 heavy (non-hydrogen) atoms. The lowest BCUT2D eigenvalue weighted by Gasteiger charge is -2.10. The standard InChI is InChI=1S/C9H14N2/c1-2-8(10)7-5-3-4-6-9(7)11/h3-6,8H,2,10-11H2,1H3. The fourth-order valence-electron chi connectivity index (χ4n) is 1.07. The van der Waals surface area contributed by atoms with Crippen LogP contribution in [0.1, 0.15) is 24.9 Å². The third kappa shape index (κ3) is 1.71. The van der Waals surface area contributed by atoms with Gasteiger partial charge in [0.15, 0.2) is 0 Å². The molecule has 0 amide bonds. The van der Waals surface area contributed by atoms with Crippen LogP contribution in [0.4, 0.5) is 5.69 Å². The quantitative estimate of drug-likeness (QED) is 0.630. The number of benzene rings is 1. The first kappa shape index (κ1) is 8.08. The van der Waals surface area contributed by atoms with Crippen LogP contribution >= 0.6 is 0 Å². The molecule has 1 aromatic carbocycles. The van der Waals surface area contributed by atoms with E-state index in [2.05, 4.69) is 6.92 Å². The lowest BCUT2D eigenvalue weighted by Crippen LogP contribution is -2.10. The van der Waals surface area contributed by atoms with Crippen LogP contribution in [-0.4, -0.2) is 0 Å². The van der Waals surface area contributed by atoms with Crippen molar-refractivity contribution in [2.45, 2.75) is 19.4 Å². The van der Waals surface area contributed by atoms with Gasteiger partial charge >= 0.3 is 0 Å². The number of anilines is 1. The summed E-state index contributed by atoms with van der Waals surface area (Å²) in [5, 5.41) is 0. The summed E-state index contributed by atoms with van der Waals surface area (Å²) in [6.07, 6.45) is 0.925. The normalized spacial score (nSPS) is 12.9. The molecular weight excluding hydrogens is 136 g/mol. The maximum atomic E-state index is 5.82. The van der Waals surface area contributed by atoms with Crippen molar-refractivity contribution < 1.29 is 0 Å². The molecule has 0 saturated heterocycles. The van der Waals surface area contributed by atoms with Crippen LogP contribution in [0.15, 0.2) is 24.3 Å². The van der Waals surface area contributed by atoms with Crippen LogP contribution in [0.3, 0.4) is 0 Å². The minimum Gasteiger partial charge on any atom is -0.398 e. The number of nitrogen functional groups attached to an aromatic ring is 1. The fourth-order valence-corrected chi connectivity index (χ4v) is 1.07. The van der Waals surface area contributed by atoms with E-state index in [1.165, 1.54) is 0 Å². The minimum atomic E-state index is 0.0798. The highest BCUT2D eigenvalue weighted by molar-refractivity contribution is 5.47. The smallest absolute Gasteiger partial charge is 0.0362 e. The molecule has 1 rings (SSSR count). The van der Waals surface area contributed by atoms with Gasteiger partial charge < -0.3 is 11.5 Å². The third-order valence-corrected chi connectivity index (χ3v) is 1.84. The monoisotopic (exact) mass is 150 g/mol. The Labute approximate surface area is 67.2 Å². The molecule has 2 heteroatoms. The van der Waals surface area contributed by atoms with E-state index in [9.17, 15) is 0 Å². The number of rotatable bonds is 2. The molecule has 4 N–H and O–H groups in total. The van der Waals surface area contributed by atoms with Gasteiger partial charge in [-0.25, -0.2) is 0 Å². The van der Waals surface area contributed by atoms with Crippen molar-refractivity contribution in [1.29, 1.82) is 0 Å². The molecule has 0 aromatic heterocycles. The van der Waals surface area contributed by atoms with Gasteiger partial charge in [-0.3, -0.25) is 0 Å². The Morgan fingerprint density at radius 1 is 1.36 bits per heavy atom. The van der Waals surface area contributed by atoms with Gasteiger partial charge in [0, 0.05) is 11.7 Å². The van der Waals surface area contributed by atoms with Crippen molar-refractivity contribution in [3.05, 3.63) is 29.8 Å². The highest BCUT2D eigenvalue weighted by Crippen LogP contribution is 2.19. The Morgan fingerprint density at radius 2 is 2.00 bits per heavy atom. The van der Waals surface area contributed by atoms with Gasteiger partial charge in [-0.1, -0.05) is 25.1 Å². The summed E-state index contributed by atoms with van der Waals surface area (Å²) in [6.45, 7) is 2.05. The Bertz CT molecular complexity index is 233. The van der Waals surface area contributed by atoms with E-state index in [4.69, 9.17) is 11.5 Å². The predicted molar refractivity (Wildman–Crippen MR) is 48.1 cm³/mol. The second-order valence-electron chi connectivity index (χ2n) is 2.64. The average molecular weight is 150 g/mol. The number of nitrogens with two attached hydrogens (primary N) is 2. The number of hydrogen-bond acceptors (Lipinski definition) is 2.